The summed E-state index contributed by atoms with van der Waals surface area (Å²) in [6, 6.07) is 16.5. The van der Waals surface area contributed by atoms with Crippen molar-refractivity contribution in [1.29, 1.82) is 0 Å². The van der Waals surface area contributed by atoms with Crippen LogP contribution in [0, 0.1) is 13.8 Å². The summed E-state index contributed by atoms with van der Waals surface area (Å²) in [6.45, 7) is 3.70. The van der Waals surface area contributed by atoms with Gasteiger partial charge >= 0.3 is 5.91 Å². The first-order chi connectivity index (χ1) is 17.3. The number of pyridine rings is 1. The number of phenols is 1. The SMILES string of the molecule is Cc1ccc2nc(N3C(=O)C(=O)/C(=C(/O)c4c(C)nc5ccccn45)C3c3cccc(O)c3)sc2c1. The van der Waals surface area contributed by atoms with Crippen LogP contribution in [0.5, 0.6) is 5.75 Å². The van der Waals surface area contributed by atoms with Gasteiger partial charge in [0.05, 0.1) is 27.5 Å². The minimum Gasteiger partial charge on any atom is -0.508 e. The van der Waals surface area contributed by atoms with Crippen LogP contribution in [0.15, 0.2) is 72.4 Å². The number of anilines is 1. The third-order valence-corrected chi connectivity index (χ3v) is 7.32. The van der Waals surface area contributed by atoms with Gasteiger partial charge in [0, 0.05) is 6.20 Å². The maximum absolute atomic E-state index is 13.5. The number of carbonyl (C=O) groups is 2. The molecule has 1 amide bonds. The van der Waals surface area contributed by atoms with Gasteiger partial charge in [-0.3, -0.25) is 18.9 Å². The van der Waals surface area contributed by atoms with Gasteiger partial charge in [0.25, 0.3) is 5.78 Å². The Labute approximate surface area is 209 Å². The molecule has 1 aliphatic rings. The second-order valence-electron chi connectivity index (χ2n) is 8.71. The highest BCUT2D eigenvalue weighted by Crippen LogP contribution is 2.45. The Balaban J connectivity index is 1.62. The number of rotatable bonds is 3. The van der Waals surface area contributed by atoms with E-state index in [2.05, 4.69) is 9.97 Å². The number of aliphatic hydroxyl groups excluding tert-OH is 1. The minimum absolute atomic E-state index is 0.0241. The van der Waals surface area contributed by atoms with E-state index in [0.717, 1.165) is 10.3 Å². The first-order valence-corrected chi connectivity index (χ1v) is 12.1. The van der Waals surface area contributed by atoms with E-state index < -0.39 is 17.7 Å². The third-order valence-electron chi connectivity index (χ3n) is 6.30. The number of aromatic hydroxyl groups is 1. The number of amides is 1. The molecule has 0 radical (unpaired) electrons. The summed E-state index contributed by atoms with van der Waals surface area (Å²) >= 11 is 1.29. The molecule has 2 N–H and O–H groups in total. The predicted molar refractivity (Wildman–Crippen MR) is 137 cm³/mol. The van der Waals surface area contributed by atoms with E-state index in [1.807, 2.05) is 31.2 Å². The van der Waals surface area contributed by atoms with Crippen LogP contribution in [-0.4, -0.2) is 36.3 Å². The van der Waals surface area contributed by atoms with Gasteiger partial charge in [0.1, 0.15) is 17.1 Å². The number of hydrogen-bond donors (Lipinski definition) is 2. The fourth-order valence-corrected chi connectivity index (χ4v) is 5.78. The molecule has 0 bridgehead atoms. The topological polar surface area (TPSA) is 108 Å². The zero-order valence-electron chi connectivity index (χ0n) is 19.3. The van der Waals surface area contributed by atoms with E-state index in [0.29, 0.717) is 33.2 Å². The Morgan fingerprint density at radius 3 is 2.64 bits per heavy atom. The highest BCUT2D eigenvalue weighted by atomic mass is 32.1. The molecule has 1 unspecified atom stereocenters. The summed E-state index contributed by atoms with van der Waals surface area (Å²) in [5.74, 6) is -1.99. The van der Waals surface area contributed by atoms with Gasteiger partial charge in [0.15, 0.2) is 10.9 Å². The van der Waals surface area contributed by atoms with Crippen molar-refractivity contribution in [2.24, 2.45) is 0 Å². The molecule has 1 atom stereocenters. The van der Waals surface area contributed by atoms with Crippen LogP contribution in [0.4, 0.5) is 5.13 Å². The minimum atomic E-state index is -0.993. The normalized spacial score (nSPS) is 17.5. The van der Waals surface area contributed by atoms with Crippen LogP contribution in [0.1, 0.15) is 28.6 Å². The van der Waals surface area contributed by atoms with Crippen molar-refractivity contribution in [3.63, 3.8) is 0 Å². The molecule has 1 aliphatic heterocycles. The van der Waals surface area contributed by atoms with Gasteiger partial charge in [0.2, 0.25) is 0 Å². The lowest BCUT2D eigenvalue weighted by atomic mass is 9.96. The Hall–Kier alpha value is -4.50. The van der Waals surface area contributed by atoms with E-state index in [-0.39, 0.29) is 17.1 Å². The first-order valence-electron chi connectivity index (χ1n) is 11.2. The highest BCUT2D eigenvalue weighted by Gasteiger charge is 2.48. The van der Waals surface area contributed by atoms with Crippen LogP contribution in [0.3, 0.4) is 0 Å². The van der Waals surface area contributed by atoms with Crippen molar-refractivity contribution in [1.82, 2.24) is 14.4 Å². The van der Waals surface area contributed by atoms with E-state index in [9.17, 15) is 19.8 Å². The zero-order chi connectivity index (χ0) is 25.1. The van der Waals surface area contributed by atoms with Crippen LogP contribution in [0.2, 0.25) is 0 Å². The van der Waals surface area contributed by atoms with Crippen molar-refractivity contribution < 1.29 is 19.8 Å². The number of ketones is 1. The van der Waals surface area contributed by atoms with Gasteiger partial charge < -0.3 is 10.2 Å². The molecule has 1 saturated heterocycles. The Morgan fingerprint density at radius 2 is 1.83 bits per heavy atom. The number of thiazole rings is 1. The Kier molecular flexibility index (Phi) is 4.90. The summed E-state index contributed by atoms with van der Waals surface area (Å²) in [6.07, 6.45) is 1.74. The van der Waals surface area contributed by atoms with Gasteiger partial charge in [-0.15, -0.1) is 0 Å². The van der Waals surface area contributed by atoms with E-state index in [1.165, 1.54) is 28.4 Å². The van der Waals surface area contributed by atoms with E-state index in [4.69, 9.17) is 0 Å². The molecule has 36 heavy (non-hydrogen) atoms. The summed E-state index contributed by atoms with van der Waals surface area (Å²) < 4.78 is 2.55. The van der Waals surface area contributed by atoms with Crippen molar-refractivity contribution in [2.45, 2.75) is 19.9 Å². The smallest absolute Gasteiger partial charge is 0.301 e. The molecule has 1 fully saturated rings. The number of aryl methyl sites for hydroxylation is 2. The van der Waals surface area contributed by atoms with Crippen molar-refractivity contribution in [2.75, 3.05) is 4.90 Å². The zero-order valence-corrected chi connectivity index (χ0v) is 20.2. The summed E-state index contributed by atoms with van der Waals surface area (Å²) in [4.78, 5) is 37.4. The highest BCUT2D eigenvalue weighted by molar-refractivity contribution is 7.22. The number of nitrogens with zero attached hydrogens (tertiary/aromatic N) is 4. The molecule has 3 aromatic heterocycles. The number of aliphatic hydroxyl groups is 1. The Bertz CT molecular complexity index is 1750. The molecule has 178 valence electrons. The molecule has 5 aromatic rings. The van der Waals surface area contributed by atoms with E-state index in [1.54, 1.807) is 41.8 Å². The molecule has 0 aliphatic carbocycles. The van der Waals surface area contributed by atoms with Crippen LogP contribution < -0.4 is 4.90 Å². The van der Waals surface area contributed by atoms with Crippen molar-refractivity contribution >= 4 is 49.8 Å². The molecule has 9 heteroatoms. The lowest BCUT2D eigenvalue weighted by molar-refractivity contribution is -0.132. The fourth-order valence-electron chi connectivity index (χ4n) is 4.69. The van der Waals surface area contributed by atoms with E-state index >= 15 is 0 Å². The molecule has 4 heterocycles. The Morgan fingerprint density at radius 1 is 1.00 bits per heavy atom. The second-order valence-corrected chi connectivity index (χ2v) is 9.72. The summed E-state index contributed by atoms with van der Waals surface area (Å²) in [5, 5.41) is 22.1. The average molecular weight is 497 g/mol. The number of phenolic OH excluding ortho intramolecular Hbond substituents is 1. The molecular weight excluding hydrogens is 476 g/mol. The number of imidazole rings is 1. The second kappa shape index (κ2) is 8.03. The maximum Gasteiger partial charge on any atom is 0.301 e. The standard InChI is InChI=1S/C27H20N4O4S/c1-14-9-10-18-19(12-14)36-27(29-18)31-23(16-6-5-7-17(32)13-16)21(25(34)26(31)35)24(33)22-15(2)28-20-8-3-4-11-30(20)22/h3-13,23,32-33H,1-2H3/b24-21+. The number of hydrogen-bond acceptors (Lipinski definition) is 7. The largest absolute Gasteiger partial charge is 0.508 e. The van der Waals surface area contributed by atoms with Crippen molar-refractivity contribution in [3.05, 3.63) is 94.9 Å². The summed E-state index contributed by atoms with van der Waals surface area (Å²) in [7, 11) is 0. The molecular formula is C27H20N4O4S. The number of carbonyl (C=O) groups excluding carboxylic acids is 2. The maximum atomic E-state index is 13.5. The van der Waals surface area contributed by atoms with Crippen molar-refractivity contribution in [3.8, 4) is 5.75 Å². The van der Waals surface area contributed by atoms with Gasteiger partial charge in [-0.2, -0.15) is 0 Å². The third kappa shape index (κ3) is 3.28. The first kappa shape index (κ1) is 22.0. The van der Waals surface area contributed by atoms with Gasteiger partial charge in [-0.1, -0.05) is 35.6 Å². The molecule has 8 nitrogen and oxygen atoms in total. The molecule has 0 saturated carbocycles. The van der Waals surface area contributed by atoms with Crippen LogP contribution >= 0.6 is 11.3 Å². The lowest BCUT2D eigenvalue weighted by Gasteiger charge is -2.23. The van der Waals surface area contributed by atoms with Gasteiger partial charge in [-0.25, -0.2) is 9.97 Å². The predicted octanol–water partition coefficient (Wildman–Crippen LogP) is 4.89. The fraction of sp³-hybridized carbons (Fsp3) is 0.111. The molecule has 6 rings (SSSR count). The molecule has 2 aromatic carbocycles. The number of fused-ring (bicyclic) bond motifs is 2. The van der Waals surface area contributed by atoms with Crippen LogP contribution in [0.25, 0.3) is 21.6 Å². The van der Waals surface area contributed by atoms with Gasteiger partial charge in [-0.05, 0) is 61.4 Å². The summed E-state index contributed by atoms with van der Waals surface area (Å²) in [5.41, 5.74) is 3.57. The quantitative estimate of drug-likeness (QED) is 0.209. The monoisotopic (exact) mass is 496 g/mol. The van der Waals surface area contributed by atoms with Crippen LogP contribution in [-0.2, 0) is 9.59 Å². The average Bonchev–Trinajstić information content (AvgIpc) is 3.49. The number of Topliss-reactive ketones (excluding diaryl/α,β-unsaturated/α-hetero) is 1. The molecule has 0 spiro atoms. The lowest BCUT2D eigenvalue weighted by Crippen LogP contribution is -2.29. The number of benzene rings is 2. The number of aromatic nitrogens is 3.